The van der Waals surface area contributed by atoms with E-state index in [0.29, 0.717) is 11.3 Å². The summed E-state index contributed by atoms with van der Waals surface area (Å²) in [5.41, 5.74) is 0.583. The number of aromatic nitrogens is 1. The number of carbonyl (C=O) groups excluding carboxylic acids is 1. The molecule has 0 aliphatic heterocycles. The van der Waals surface area contributed by atoms with Crippen LogP contribution in [0.2, 0.25) is 5.02 Å². The molecule has 8 heteroatoms. The number of aliphatic carboxylic acids is 1. The first-order valence-corrected chi connectivity index (χ1v) is 7.84. The highest BCUT2D eigenvalue weighted by molar-refractivity contribution is 7.11. The maximum absolute atomic E-state index is 12.3. The number of amides is 1. The number of carbonyl (C=O) groups is 2. The second-order valence-electron chi connectivity index (χ2n) is 4.78. The summed E-state index contributed by atoms with van der Waals surface area (Å²) in [4.78, 5) is 28.7. The second-order valence-corrected chi connectivity index (χ2v) is 6.59. The molecule has 1 aromatic heterocycles. The lowest BCUT2D eigenvalue weighted by Gasteiger charge is -2.15. The normalized spacial score (nSPS) is 11.8. The molecule has 0 radical (unpaired) electrons. The van der Waals surface area contributed by atoms with Crippen molar-refractivity contribution in [2.24, 2.45) is 0 Å². The molecule has 2 N–H and O–H groups in total. The van der Waals surface area contributed by atoms with Crippen molar-refractivity contribution in [3.05, 3.63) is 44.4 Å². The Morgan fingerprint density at radius 2 is 2.09 bits per heavy atom. The van der Waals surface area contributed by atoms with Gasteiger partial charge in [-0.15, -0.1) is 11.3 Å². The Balaban J connectivity index is 2.29. The van der Waals surface area contributed by atoms with Gasteiger partial charge in [0.1, 0.15) is 11.4 Å². The Bertz CT molecular complexity index is 760. The minimum atomic E-state index is -1.23. The summed E-state index contributed by atoms with van der Waals surface area (Å²) in [6, 6.07) is 3.33. The summed E-state index contributed by atoms with van der Waals surface area (Å²) < 4.78 is 5.03. The quantitative estimate of drug-likeness (QED) is 0.861. The number of halogens is 1. The molecule has 1 amide bonds. The first kappa shape index (κ1) is 17.2. The van der Waals surface area contributed by atoms with Crippen LogP contribution in [0.3, 0.4) is 0 Å². The molecule has 2 aromatic rings. The molecule has 0 saturated heterocycles. The van der Waals surface area contributed by atoms with Gasteiger partial charge in [-0.2, -0.15) is 0 Å². The first-order valence-electron chi connectivity index (χ1n) is 6.64. The second kappa shape index (κ2) is 6.97. The molecule has 6 nitrogen and oxygen atoms in total. The molecular weight excluding hydrogens is 340 g/mol. The van der Waals surface area contributed by atoms with Gasteiger partial charge in [0.25, 0.3) is 5.91 Å². The van der Waals surface area contributed by atoms with Gasteiger partial charge in [0, 0.05) is 4.88 Å². The number of carboxylic acid groups (broad SMARTS) is 1. The summed E-state index contributed by atoms with van der Waals surface area (Å²) >= 11 is 7.40. The van der Waals surface area contributed by atoms with Gasteiger partial charge in [-0.3, -0.25) is 4.79 Å². The van der Waals surface area contributed by atoms with E-state index in [1.807, 2.05) is 0 Å². The minimum absolute atomic E-state index is 0.235. The molecule has 0 saturated carbocycles. The fourth-order valence-corrected chi connectivity index (χ4v) is 3.17. The van der Waals surface area contributed by atoms with E-state index in [4.69, 9.17) is 16.3 Å². The Kier molecular flexibility index (Phi) is 5.23. The number of rotatable bonds is 5. The van der Waals surface area contributed by atoms with Crippen molar-refractivity contribution in [1.29, 1.82) is 0 Å². The van der Waals surface area contributed by atoms with E-state index in [1.54, 1.807) is 26.0 Å². The van der Waals surface area contributed by atoms with E-state index in [-0.39, 0.29) is 10.7 Å². The van der Waals surface area contributed by atoms with E-state index >= 15 is 0 Å². The van der Waals surface area contributed by atoms with Gasteiger partial charge in [-0.25, -0.2) is 9.78 Å². The molecule has 1 atom stereocenters. The third kappa shape index (κ3) is 3.80. The number of carboxylic acids is 1. The van der Waals surface area contributed by atoms with E-state index in [0.717, 1.165) is 9.88 Å². The molecule has 122 valence electrons. The zero-order valence-corrected chi connectivity index (χ0v) is 14.3. The monoisotopic (exact) mass is 354 g/mol. The smallest absolute Gasteiger partial charge is 0.330 e. The van der Waals surface area contributed by atoms with Crippen LogP contribution >= 0.6 is 22.9 Å². The van der Waals surface area contributed by atoms with E-state index in [2.05, 4.69) is 10.3 Å². The number of ether oxygens (including phenoxy) is 1. The van der Waals surface area contributed by atoms with E-state index < -0.39 is 17.9 Å². The van der Waals surface area contributed by atoms with Crippen LogP contribution in [-0.2, 0) is 4.79 Å². The van der Waals surface area contributed by atoms with Gasteiger partial charge >= 0.3 is 5.97 Å². The maximum atomic E-state index is 12.3. The zero-order valence-electron chi connectivity index (χ0n) is 12.7. The summed E-state index contributed by atoms with van der Waals surface area (Å²) in [7, 11) is 1.46. The SMILES string of the molecule is COc1ccc(C(NC(=O)c2nc(C)sc2C)C(=O)O)cc1Cl. The summed E-state index contributed by atoms with van der Waals surface area (Å²) in [5, 5.41) is 12.9. The van der Waals surface area contributed by atoms with Crippen LogP contribution in [0.1, 0.15) is 32.0 Å². The van der Waals surface area contributed by atoms with Crippen LogP contribution in [0.5, 0.6) is 5.75 Å². The summed E-state index contributed by atoms with van der Waals surface area (Å²) in [6.07, 6.45) is 0. The van der Waals surface area contributed by atoms with Gasteiger partial charge in [0.05, 0.1) is 17.1 Å². The Labute approximate surface area is 142 Å². The summed E-state index contributed by atoms with van der Waals surface area (Å²) in [5.74, 6) is -1.30. The van der Waals surface area contributed by atoms with Crippen molar-refractivity contribution in [2.45, 2.75) is 19.9 Å². The van der Waals surface area contributed by atoms with Gasteiger partial charge in [0.15, 0.2) is 6.04 Å². The highest BCUT2D eigenvalue weighted by Gasteiger charge is 2.25. The lowest BCUT2D eigenvalue weighted by molar-refractivity contribution is -0.139. The van der Waals surface area contributed by atoms with Gasteiger partial charge in [0.2, 0.25) is 0 Å². The fraction of sp³-hybridized carbons (Fsp3) is 0.267. The standard InChI is InChI=1S/C15H15ClN2O4S/c1-7-12(17-8(2)23-7)14(19)18-13(15(20)21)9-4-5-11(22-3)10(16)6-9/h4-6,13H,1-3H3,(H,18,19)(H,20,21). The van der Waals surface area contributed by atoms with Crippen LogP contribution in [-0.4, -0.2) is 29.1 Å². The zero-order chi connectivity index (χ0) is 17.1. The predicted octanol–water partition coefficient (Wildman–Crippen LogP) is 2.98. The number of nitrogens with one attached hydrogen (secondary N) is 1. The van der Waals surface area contributed by atoms with Crippen LogP contribution in [0.15, 0.2) is 18.2 Å². The molecule has 0 spiro atoms. The van der Waals surface area contributed by atoms with Crippen LogP contribution in [0, 0.1) is 13.8 Å². The van der Waals surface area contributed by atoms with E-state index in [1.165, 1.54) is 24.5 Å². The number of nitrogens with zero attached hydrogens (tertiary/aromatic N) is 1. The molecule has 1 unspecified atom stereocenters. The van der Waals surface area contributed by atoms with Crippen molar-refractivity contribution >= 4 is 34.8 Å². The van der Waals surface area contributed by atoms with Crippen LogP contribution in [0.25, 0.3) is 0 Å². The topological polar surface area (TPSA) is 88.5 Å². The summed E-state index contributed by atoms with van der Waals surface area (Å²) in [6.45, 7) is 3.55. The molecule has 0 fully saturated rings. The third-order valence-corrected chi connectivity index (χ3v) is 4.33. The number of aryl methyl sites for hydroxylation is 2. The number of thiazole rings is 1. The van der Waals surface area contributed by atoms with Crippen molar-refractivity contribution in [2.75, 3.05) is 7.11 Å². The van der Waals surface area contributed by atoms with Gasteiger partial charge < -0.3 is 15.2 Å². The molecule has 0 bridgehead atoms. The number of hydrogen-bond acceptors (Lipinski definition) is 5. The minimum Gasteiger partial charge on any atom is -0.495 e. The Morgan fingerprint density at radius 1 is 1.39 bits per heavy atom. The van der Waals surface area contributed by atoms with Crippen molar-refractivity contribution < 1.29 is 19.4 Å². The molecule has 1 aromatic carbocycles. The Morgan fingerprint density at radius 3 is 2.57 bits per heavy atom. The largest absolute Gasteiger partial charge is 0.495 e. The third-order valence-electron chi connectivity index (χ3n) is 3.15. The lowest BCUT2D eigenvalue weighted by Crippen LogP contribution is -2.34. The fourth-order valence-electron chi connectivity index (χ4n) is 2.09. The molecule has 2 rings (SSSR count). The Hall–Kier alpha value is -2.12. The molecule has 0 aliphatic rings. The van der Waals surface area contributed by atoms with Gasteiger partial charge in [-0.1, -0.05) is 17.7 Å². The van der Waals surface area contributed by atoms with Crippen molar-refractivity contribution in [1.82, 2.24) is 10.3 Å². The first-order chi connectivity index (χ1) is 10.8. The van der Waals surface area contributed by atoms with Crippen LogP contribution < -0.4 is 10.1 Å². The predicted molar refractivity (Wildman–Crippen MR) is 87.4 cm³/mol. The van der Waals surface area contributed by atoms with Crippen molar-refractivity contribution in [3.63, 3.8) is 0 Å². The molecule has 23 heavy (non-hydrogen) atoms. The molecular formula is C15H15ClN2O4S. The average Bonchev–Trinajstić information content (AvgIpc) is 2.83. The van der Waals surface area contributed by atoms with Crippen LogP contribution in [0.4, 0.5) is 0 Å². The number of methoxy groups -OCH3 is 1. The maximum Gasteiger partial charge on any atom is 0.330 e. The van der Waals surface area contributed by atoms with Gasteiger partial charge in [-0.05, 0) is 31.5 Å². The highest BCUT2D eigenvalue weighted by Crippen LogP contribution is 2.28. The molecule has 1 heterocycles. The lowest BCUT2D eigenvalue weighted by atomic mass is 10.1. The van der Waals surface area contributed by atoms with Crippen molar-refractivity contribution in [3.8, 4) is 5.75 Å². The molecule has 0 aliphatic carbocycles. The average molecular weight is 355 g/mol. The number of benzene rings is 1. The highest BCUT2D eigenvalue weighted by atomic mass is 35.5. The van der Waals surface area contributed by atoms with E-state index in [9.17, 15) is 14.7 Å². The number of hydrogen-bond donors (Lipinski definition) is 2.